The van der Waals surface area contributed by atoms with Crippen molar-refractivity contribution >= 4 is 29.6 Å². The fourth-order valence-electron chi connectivity index (χ4n) is 1.17. The van der Waals surface area contributed by atoms with Crippen molar-refractivity contribution in [1.82, 2.24) is 4.72 Å². The molecule has 5 nitrogen and oxygen atoms in total. The smallest absolute Gasteiger partial charge is 0.321 e. The van der Waals surface area contributed by atoms with Crippen molar-refractivity contribution in [2.45, 2.75) is 44.5 Å². The normalized spacial score (nSPS) is 22.3. The highest BCUT2D eigenvalue weighted by molar-refractivity contribution is 7.99. The van der Waals surface area contributed by atoms with Crippen LogP contribution >= 0.6 is 11.9 Å². The molecule has 1 atom stereocenters. The van der Waals surface area contributed by atoms with Crippen LogP contribution in [0.3, 0.4) is 0 Å². The average molecular weight is 245 g/mol. The van der Waals surface area contributed by atoms with Crippen molar-refractivity contribution in [2.24, 2.45) is 0 Å². The van der Waals surface area contributed by atoms with Gasteiger partial charge in [0.1, 0.15) is 16.6 Å². The number of hydrogen-bond acceptors (Lipinski definition) is 5. The highest BCUT2D eigenvalue weighted by Crippen LogP contribution is 2.20. The molecular formula is C10H15NO4S. The van der Waals surface area contributed by atoms with E-state index in [4.69, 9.17) is 4.74 Å². The van der Waals surface area contributed by atoms with Gasteiger partial charge in [0.2, 0.25) is 5.91 Å². The van der Waals surface area contributed by atoms with E-state index in [9.17, 15) is 14.4 Å². The number of rotatable bonds is 1. The van der Waals surface area contributed by atoms with Crippen LogP contribution in [-0.2, 0) is 19.1 Å². The van der Waals surface area contributed by atoms with E-state index in [1.54, 1.807) is 20.8 Å². The lowest BCUT2D eigenvalue weighted by Crippen LogP contribution is -2.31. The molecule has 0 saturated carbocycles. The van der Waals surface area contributed by atoms with Gasteiger partial charge < -0.3 is 4.74 Å². The van der Waals surface area contributed by atoms with Gasteiger partial charge in [-0.1, -0.05) is 0 Å². The van der Waals surface area contributed by atoms with Crippen LogP contribution in [0.5, 0.6) is 0 Å². The summed E-state index contributed by atoms with van der Waals surface area (Å²) in [5, 5.41) is -0.641. The number of amides is 1. The summed E-state index contributed by atoms with van der Waals surface area (Å²) in [5.74, 6) is -1.06. The quantitative estimate of drug-likeness (QED) is 0.421. The Kier molecular flexibility index (Phi) is 3.96. The summed E-state index contributed by atoms with van der Waals surface area (Å²) in [6, 6.07) is 0. The number of ketones is 1. The molecule has 1 N–H and O–H groups in total. The number of Topliss-reactive ketones (excluding diaryl/α,β-unsaturated/α-hetero) is 1. The van der Waals surface area contributed by atoms with E-state index in [0.717, 1.165) is 11.9 Å². The second kappa shape index (κ2) is 4.86. The summed E-state index contributed by atoms with van der Waals surface area (Å²) in [4.78, 5) is 34.0. The van der Waals surface area contributed by atoms with E-state index in [1.807, 2.05) is 0 Å². The minimum Gasteiger partial charge on any atom is -0.459 e. The minimum atomic E-state index is -0.641. The molecule has 1 heterocycles. The lowest BCUT2D eigenvalue weighted by molar-refractivity contribution is -0.154. The first-order valence-corrected chi connectivity index (χ1v) is 5.85. The van der Waals surface area contributed by atoms with E-state index >= 15 is 0 Å². The van der Waals surface area contributed by atoms with Gasteiger partial charge in [-0.2, -0.15) is 0 Å². The fraction of sp³-hybridized carbons (Fsp3) is 0.700. The number of ether oxygens (including phenoxy) is 1. The molecular weight excluding hydrogens is 230 g/mol. The SMILES string of the molecule is CC(C)(C)OC(=O)[C@@H]1CC(=O)CC(=O)NS1. The van der Waals surface area contributed by atoms with Crippen LogP contribution in [0.1, 0.15) is 33.6 Å². The molecule has 0 radical (unpaired) electrons. The Labute approximate surface area is 98.4 Å². The topological polar surface area (TPSA) is 72.5 Å². The Bertz CT molecular complexity index is 321. The third-order valence-corrected chi connectivity index (χ3v) is 2.74. The summed E-state index contributed by atoms with van der Waals surface area (Å²) < 4.78 is 7.60. The maximum atomic E-state index is 11.7. The molecule has 0 aromatic heterocycles. The molecule has 16 heavy (non-hydrogen) atoms. The zero-order chi connectivity index (χ0) is 12.3. The van der Waals surface area contributed by atoms with Gasteiger partial charge in [0.05, 0.1) is 6.42 Å². The number of esters is 1. The van der Waals surface area contributed by atoms with Crippen LogP contribution in [0.4, 0.5) is 0 Å². The molecule has 1 rings (SSSR count). The molecule has 90 valence electrons. The molecule has 0 unspecified atom stereocenters. The van der Waals surface area contributed by atoms with Crippen molar-refractivity contribution in [2.75, 3.05) is 0 Å². The van der Waals surface area contributed by atoms with Crippen LogP contribution < -0.4 is 4.72 Å². The first kappa shape index (κ1) is 13.0. The van der Waals surface area contributed by atoms with Gasteiger partial charge in [-0.05, 0) is 32.7 Å². The lowest BCUT2D eigenvalue weighted by atomic mass is 10.1. The molecule has 1 amide bonds. The van der Waals surface area contributed by atoms with Crippen LogP contribution in [-0.4, -0.2) is 28.5 Å². The first-order chi connectivity index (χ1) is 7.28. The highest BCUT2D eigenvalue weighted by atomic mass is 32.2. The third-order valence-electron chi connectivity index (χ3n) is 1.76. The van der Waals surface area contributed by atoms with Crippen LogP contribution in [0.25, 0.3) is 0 Å². The summed E-state index contributed by atoms with van der Waals surface area (Å²) in [7, 11) is 0. The van der Waals surface area contributed by atoms with Gasteiger partial charge in [-0.25, -0.2) is 0 Å². The van der Waals surface area contributed by atoms with Crippen molar-refractivity contribution in [3.05, 3.63) is 0 Å². The largest absolute Gasteiger partial charge is 0.459 e. The average Bonchev–Trinajstić information content (AvgIpc) is 2.23. The Morgan fingerprint density at radius 2 is 2.06 bits per heavy atom. The molecule has 6 heteroatoms. The predicted molar refractivity (Wildman–Crippen MR) is 59.6 cm³/mol. The van der Waals surface area contributed by atoms with E-state index in [-0.39, 0.29) is 24.5 Å². The lowest BCUT2D eigenvalue weighted by Gasteiger charge is -2.22. The van der Waals surface area contributed by atoms with E-state index in [1.165, 1.54) is 0 Å². The molecule has 0 bridgehead atoms. The van der Waals surface area contributed by atoms with Gasteiger partial charge in [0.15, 0.2) is 0 Å². The molecule has 0 aromatic carbocycles. The predicted octanol–water partition coefficient (Wildman–Crippen LogP) is 0.824. The molecule has 1 fully saturated rings. The Morgan fingerprint density at radius 1 is 1.44 bits per heavy atom. The van der Waals surface area contributed by atoms with Crippen LogP contribution in [0, 0.1) is 0 Å². The summed E-state index contributed by atoms with van der Waals surface area (Å²) in [6.45, 7) is 5.27. The Balaban J connectivity index is 2.62. The van der Waals surface area contributed by atoms with E-state index in [2.05, 4.69) is 4.72 Å². The number of carbonyl (C=O) groups excluding carboxylic acids is 3. The Hall–Kier alpha value is -1.04. The third kappa shape index (κ3) is 4.22. The second-order valence-corrected chi connectivity index (χ2v) is 5.59. The Morgan fingerprint density at radius 3 is 2.62 bits per heavy atom. The minimum absolute atomic E-state index is 0.0400. The maximum Gasteiger partial charge on any atom is 0.321 e. The number of carbonyl (C=O) groups is 3. The zero-order valence-electron chi connectivity index (χ0n) is 9.53. The van der Waals surface area contributed by atoms with Gasteiger partial charge in [-0.3, -0.25) is 19.1 Å². The van der Waals surface area contributed by atoms with Gasteiger partial charge in [0.25, 0.3) is 0 Å². The monoisotopic (exact) mass is 245 g/mol. The number of hydrogen-bond donors (Lipinski definition) is 1. The molecule has 1 aliphatic heterocycles. The van der Waals surface area contributed by atoms with Gasteiger partial charge >= 0.3 is 5.97 Å². The summed E-state index contributed by atoms with van der Waals surface area (Å²) in [5.41, 5.74) is -0.586. The number of nitrogens with one attached hydrogen (secondary N) is 1. The molecule has 1 aliphatic rings. The highest BCUT2D eigenvalue weighted by Gasteiger charge is 2.31. The van der Waals surface area contributed by atoms with Gasteiger partial charge in [0, 0.05) is 6.42 Å². The summed E-state index contributed by atoms with van der Waals surface area (Å²) in [6.07, 6.45) is -0.120. The van der Waals surface area contributed by atoms with Crippen LogP contribution in [0.15, 0.2) is 0 Å². The van der Waals surface area contributed by atoms with Crippen molar-refractivity contribution in [1.29, 1.82) is 0 Å². The maximum absolute atomic E-state index is 11.7. The van der Waals surface area contributed by atoms with Crippen molar-refractivity contribution in [3.63, 3.8) is 0 Å². The molecule has 0 aliphatic carbocycles. The second-order valence-electron chi connectivity index (χ2n) is 4.58. The summed E-state index contributed by atoms with van der Waals surface area (Å²) >= 11 is 0.950. The van der Waals surface area contributed by atoms with E-state index < -0.39 is 16.8 Å². The fourth-order valence-corrected chi connectivity index (χ4v) is 1.93. The van der Waals surface area contributed by atoms with Crippen molar-refractivity contribution < 1.29 is 19.1 Å². The standard InChI is InChI=1S/C10H15NO4S/c1-10(2,3)15-9(14)7-4-6(12)5-8(13)11-16-7/h7H,4-5H2,1-3H3,(H,11,13)/t7-/m0/s1. The first-order valence-electron chi connectivity index (χ1n) is 4.97. The van der Waals surface area contributed by atoms with E-state index in [0.29, 0.717) is 0 Å². The molecule has 1 saturated heterocycles. The zero-order valence-corrected chi connectivity index (χ0v) is 10.3. The van der Waals surface area contributed by atoms with Gasteiger partial charge in [-0.15, -0.1) is 0 Å². The van der Waals surface area contributed by atoms with Crippen molar-refractivity contribution in [3.8, 4) is 0 Å². The molecule has 0 aromatic rings. The van der Waals surface area contributed by atoms with Crippen LogP contribution in [0.2, 0.25) is 0 Å². The molecule has 0 spiro atoms.